The molecule has 1 aliphatic carbocycles. The van der Waals surface area contributed by atoms with E-state index in [4.69, 9.17) is 4.74 Å². The monoisotopic (exact) mass is 419 g/mol. The smallest absolute Gasteiger partial charge is 0.316 e. The third-order valence-electron chi connectivity index (χ3n) is 4.77. The standard InChI is InChI=1S/C20H25N3O3S2/c1-13-14(2)28-20-18(13)19(22-12-23-20)27-11-17(25)26-10-16(24)21-9-8-15-6-4-3-5-7-15/h6,12H,3-5,7-11H2,1-2H3,(H,21,24). The molecule has 8 heteroatoms. The topological polar surface area (TPSA) is 81.2 Å². The van der Waals surface area contributed by atoms with E-state index in [9.17, 15) is 9.59 Å². The van der Waals surface area contributed by atoms with Crippen LogP contribution in [0.5, 0.6) is 0 Å². The number of amides is 1. The molecule has 1 aliphatic rings. The highest BCUT2D eigenvalue weighted by Gasteiger charge is 2.15. The first-order valence-electron chi connectivity index (χ1n) is 9.48. The average molecular weight is 420 g/mol. The Bertz CT molecular complexity index is 892. The third kappa shape index (κ3) is 5.54. The number of nitrogens with one attached hydrogen (secondary N) is 1. The van der Waals surface area contributed by atoms with E-state index in [0.717, 1.165) is 40.1 Å². The van der Waals surface area contributed by atoms with Gasteiger partial charge in [-0.15, -0.1) is 11.3 Å². The van der Waals surface area contributed by atoms with Crippen molar-refractivity contribution in [2.45, 2.75) is 51.0 Å². The first-order chi connectivity index (χ1) is 13.5. The number of esters is 1. The van der Waals surface area contributed by atoms with E-state index in [0.29, 0.717) is 6.54 Å². The predicted octanol–water partition coefficient (Wildman–Crippen LogP) is 3.95. The van der Waals surface area contributed by atoms with Crippen LogP contribution >= 0.6 is 23.1 Å². The number of nitrogens with zero attached hydrogens (tertiary/aromatic N) is 2. The summed E-state index contributed by atoms with van der Waals surface area (Å²) in [6, 6.07) is 0. The molecule has 0 spiro atoms. The van der Waals surface area contributed by atoms with Gasteiger partial charge in [-0.05, 0) is 51.5 Å². The molecule has 2 aromatic rings. The molecule has 0 atom stereocenters. The van der Waals surface area contributed by atoms with E-state index in [2.05, 4.69) is 21.4 Å². The van der Waals surface area contributed by atoms with Crippen molar-refractivity contribution >= 4 is 45.2 Å². The Morgan fingerprint density at radius 2 is 2.14 bits per heavy atom. The van der Waals surface area contributed by atoms with Crippen molar-refractivity contribution in [3.8, 4) is 0 Å². The Kier molecular flexibility index (Phi) is 7.44. The van der Waals surface area contributed by atoms with Gasteiger partial charge < -0.3 is 10.1 Å². The molecule has 2 heterocycles. The van der Waals surface area contributed by atoms with Gasteiger partial charge in [0.25, 0.3) is 5.91 Å². The van der Waals surface area contributed by atoms with Gasteiger partial charge in [0.15, 0.2) is 6.61 Å². The molecule has 1 amide bonds. The Labute approximate surface area is 173 Å². The molecule has 0 unspecified atom stereocenters. The maximum absolute atomic E-state index is 12.0. The van der Waals surface area contributed by atoms with Gasteiger partial charge in [-0.25, -0.2) is 9.97 Å². The lowest BCUT2D eigenvalue weighted by atomic mass is 9.97. The number of carbonyl (C=O) groups excluding carboxylic acids is 2. The minimum absolute atomic E-state index is 0.112. The number of aromatic nitrogens is 2. The van der Waals surface area contributed by atoms with Gasteiger partial charge in [0, 0.05) is 16.8 Å². The van der Waals surface area contributed by atoms with Crippen molar-refractivity contribution in [3.05, 3.63) is 28.4 Å². The number of thiophene rings is 1. The van der Waals surface area contributed by atoms with Crippen LogP contribution in [0, 0.1) is 13.8 Å². The molecule has 0 saturated carbocycles. The van der Waals surface area contributed by atoms with E-state index in [1.54, 1.807) is 11.3 Å². The molecule has 3 rings (SSSR count). The van der Waals surface area contributed by atoms with Crippen molar-refractivity contribution in [2.24, 2.45) is 0 Å². The summed E-state index contributed by atoms with van der Waals surface area (Å²) >= 11 is 2.94. The van der Waals surface area contributed by atoms with Crippen LogP contribution in [-0.4, -0.2) is 40.7 Å². The second kappa shape index (κ2) is 10.0. The van der Waals surface area contributed by atoms with Crippen LogP contribution in [-0.2, 0) is 14.3 Å². The fourth-order valence-corrected chi connectivity index (χ4v) is 5.03. The summed E-state index contributed by atoms with van der Waals surface area (Å²) in [4.78, 5) is 34.6. The zero-order valence-corrected chi connectivity index (χ0v) is 17.9. The third-order valence-corrected chi connectivity index (χ3v) is 6.85. The van der Waals surface area contributed by atoms with Crippen LogP contribution in [0.3, 0.4) is 0 Å². The molecule has 0 aromatic carbocycles. The lowest BCUT2D eigenvalue weighted by Gasteiger charge is -2.13. The van der Waals surface area contributed by atoms with Gasteiger partial charge in [0.2, 0.25) is 0 Å². The van der Waals surface area contributed by atoms with Gasteiger partial charge >= 0.3 is 5.97 Å². The maximum Gasteiger partial charge on any atom is 0.316 e. The van der Waals surface area contributed by atoms with Crippen molar-refractivity contribution < 1.29 is 14.3 Å². The maximum atomic E-state index is 12.0. The minimum Gasteiger partial charge on any atom is -0.455 e. The zero-order chi connectivity index (χ0) is 19.9. The van der Waals surface area contributed by atoms with Gasteiger partial charge in [-0.2, -0.15) is 0 Å². The average Bonchev–Trinajstić information content (AvgIpc) is 3.00. The number of hydrogen-bond donors (Lipinski definition) is 1. The van der Waals surface area contributed by atoms with E-state index in [1.807, 2.05) is 13.8 Å². The van der Waals surface area contributed by atoms with Crippen LogP contribution in [0.4, 0.5) is 0 Å². The number of carbonyl (C=O) groups is 2. The normalized spacial score (nSPS) is 14.0. The molecular formula is C20H25N3O3S2. The number of fused-ring (bicyclic) bond motifs is 1. The van der Waals surface area contributed by atoms with Gasteiger partial charge in [-0.3, -0.25) is 9.59 Å². The van der Waals surface area contributed by atoms with Gasteiger partial charge in [-0.1, -0.05) is 23.4 Å². The summed E-state index contributed by atoms with van der Waals surface area (Å²) in [6.45, 7) is 4.43. The number of ether oxygens (including phenoxy) is 1. The Morgan fingerprint density at radius 3 is 2.93 bits per heavy atom. The summed E-state index contributed by atoms with van der Waals surface area (Å²) in [5.74, 6) is -0.573. The molecule has 6 nitrogen and oxygen atoms in total. The molecule has 28 heavy (non-hydrogen) atoms. The Morgan fingerprint density at radius 1 is 1.29 bits per heavy atom. The number of hydrogen-bond acceptors (Lipinski definition) is 7. The second-order valence-corrected chi connectivity index (χ2v) is 8.97. The number of allylic oxidation sites excluding steroid dienone is 1. The molecule has 2 aromatic heterocycles. The molecule has 0 radical (unpaired) electrons. The molecule has 150 valence electrons. The molecule has 0 aliphatic heterocycles. The summed E-state index contributed by atoms with van der Waals surface area (Å²) in [7, 11) is 0. The predicted molar refractivity (Wildman–Crippen MR) is 113 cm³/mol. The number of rotatable bonds is 8. The number of thioether (sulfide) groups is 1. The van der Waals surface area contributed by atoms with Crippen LogP contribution in [0.1, 0.15) is 42.5 Å². The molecule has 1 N–H and O–H groups in total. The summed E-state index contributed by atoms with van der Waals surface area (Å²) in [5, 5.41) is 4.58. The highest BCUT2D eigenvalue weighted by molar-refractivity contribution is 8.00. The first kappa shape index (κ1) is 20.8. The Balaban J connectivity index is 1.40. The zero-order valence-electron chi connectivity index (χ0n) is 16.2. The quantitative estimate of drug-likeness (QED) is 0.302. The fourth-order valence-electron chi connectivity index (χ4n) is 3.12. The first-order valence-corrected chi connectivity index (χ1v) is 11.3. The second-order valence-electron chi connectivity index (χ2n) is 6.80. The number of aryl methyl sites for hydroxylation is 2. The van der Waals surface area contributed by atoms with Crippen molar-refractivity contribution in [1.82, 2.24) is 15.3 Å². The van der Waals surface area contributed by atoms with Crippen molar-refractivity contribution in [1.29, 1.82) is 0 Å². The summed E-state index contributed by atoms with van der Waals surface area (Å²) in [5.41, 5.74) is 2.55. The highest BCUT2D eigenvalue weighted by Crippen LogP contribution is 2.34. The summed E-state index contributed by atoms with van der Waals surface area (Å²) in [6.07, 6.45) is 9.42. The SMILES string of the molecule is Cc1sc2ncnc(SCC(=O)OCC(=O)NCCC3=CCCCC3)c2c1C. The van der Waals surface area contributed by atoms with Crippen molar-refractivity contribution in [3.63, 3.8) is 0 Å². The molecular weight excluding hydrogens is 394 g/mol. The minimum atomic E-state index is -0.425. The molecule has 0 bridgehead atoms. The van der Waals surface area contributed by atoms with Gasteiger partial charge in [0.1, 0.15) is 16.2 Å². The Hall–Kier alpha value is -1.93. The highest BCUT2D eigenvalue weighted by atomic mass is 32.2. The van der Waals surface area contributed by atoms with Crippen LogP contribution < -0.4 is 5.32 Å². The lowest BCUT2D eigenvalue weighted by molar-refractivity contribution is -0.145. The van der Waals surface area contributed by atoms with Gasteiger partial charge in [0.05, 0.1) is 5.75 Å². The van der Waals surface area contributed by atoms with E-state index in [1.165, 1.54) is 41.4 Å². The molecule has 0 saturated heterocycles. The van der Waals surface area contributed by atoms with Crippen molar-refractivity contribution in [2.75, 3.05) is 18.9 Å². The van der Waals surface area contributed by atoms with E-state index < -0.39 is 5.97 Å². The van der Waals surface area contributed by atoms with E-state index in [-0.39, 0.29) is 18.3 Å². The van der Waals surface area contributed by atoms with Crippen LogP contribution in [0.2, 0.25) is 0 Å². The summed E-state index contributed by atoms with van der Waals surface area (Å²) < 4.78 is 5.09. The lowest BCUT2D eigenvalue weighted by Crippen LogP contribution is -2.30. The van der Waals surface area contributed by atoms with E-state index >= 15 is 0 Å². The largest absolute Gasteiger partial charge is 0.455 e. The fraction of sp³-hybridized carbons (Fsp3) is 0.500. The molecule has 0 fully saturated rings. The van der Waals surface area contributed by atoms with Crippen LogP contribution in [0.15, 0.2) is 23.0 Å². The van der Waals surface area contributed by atoms with Crippen LogP contribution in [0.25, 0.3) is 10.2 Å².